The summed E-state index contributed by atoms with van der Waals surface area (Å²) in [5.41, 5.74) is 0.500. The molecule has 0 bridgehead atoms. The summed E-state index contributed by atoms with van der Waals surface area (Å²) in [6.45, 7) is 6.06. The number of aliphatic carboxylic acids is 2. The van der Waals surface area contributed by atoms with E-state index in [2.05, 4.69) is 19.2 Å². The Labute approximate surface area is 181 Å². The number of esters is 1. The van der Waals surface area contributed by atoms with Gasteiger partial charge in [-0.2, -0.15) is 0 Å². The second-order valence-electron chi connectivity index (χ2n) is 7.05. The Morgan fingerprint density at radius 3 is 2.26 bits per heavy atom. The van der Waals surface area contributed by atoms with Crippen molar-refractivity contribution in [3.63, 3.8) is 0 Å². The molecule has 174 valence electrons. The van der Waals surface area contributed by atoms with Crippen LogP contribution in [0.4, 0.5) is 0 Å². The third-order valence-electron chi connectivity index (χ3n) is 4.13. The first-order chi connectivity index (χ1) is 14.7. The van der Waals surface area contributed by atoms with Crippen LogP contribution in [-0.2, 0) is 23.8 Å². The molecule has 2 unspecified atom stereocenters. The van der Waals surface area contributed by atoms with Crippen LogP contribution in [0.25, 0.3) is 0 Å². The minimum absolute atomic E-state index is 0.106. The average molecular weight is 441 g/mol. The first-order valence-electron chi connectivity index (χ1n) is 10.0. The summed E-state index contributed by atoms with van der Waals surface area (Å²) in [6.07, 6.45) is 2.89. The van der Waals surface area contributed by atoms with Gasteiger partial charge in [-0.05, 0) is 43.5 Å². The van der Waals surface area contributed by atoms with E-state index in [0.29, 0.717) is 30.5 Å². The van der Waals surface area contributed by atoms with Crippen LogP contribution in [-0.4, -0.2) is 73.4 Å². The molecule has 10 nitrogen and oxygen atoms in total. The summed E-state index contributed by atoms with van der Waals surface area (Å²) in [6, 6.07) is 7.27. The van der Waals surface area contributed by atoms with Gasteiger partial charge in [0.2, 0.25) is 0 Å². The van der Waals surface area contributed by atoms with Crippen molar-refractivity contribution in [3.8, 4) is 5.75 Å². The van der Waals surface area contributed by atoms with E-state index in [1.165, 1.54) is 7.11 Å². The monoisotopic (exact) mass is 441 g/mol. The normalized spacial score (nSPS) is 16.6. The van der Waals surface area contributed by atoms with Crippen molar-refractivity contribution in [1.82, 2.24) is 5.32 Å². The van der Waals surface area contributed by atoms with Crippen LogP contribution in [0.1, 0.15) is 43.5 Å². The summed E-state index contributed by atoms with van der Waals surface area (Å²) < 4.78 is 22.3. The molecule has 0 spiro atoms. The molecular formula is C21H31NO9. The van der Waals surface area contributed by atoms with Crippen molar-refractivity contribution in [2.45, 2.75) is 51.5 Å². The van der Waals surface area contributed by atoms with Crippen molar-refractivity contribution < 1.29 is 43.5 Å². The molecule has 1 aliphatic rings. The molecule has 31 heavy (non-hydrogen) atoms. The number of methoxy groups -OCH3 is 1. The van der Waals surface area contributed by atoms with Gasteiger partial charge in [0, 0.05) is 19.2 Å². The molecule has 1 heterocycles. The van der Waals surface area contributed by atoms with Crippen LogP contribution >= 0.6 is 0 Å². The van der Waals surface area contributed by atoms with Crippen molar-refractivity contribution in [1.29, 1.82) is 0 Å². The topological polar surface area (TPSA) is 141 Å². The zero-order valence-electron chi connectivity index (χ0n) is 18.0. The van der Waals surface area contributed by atoms with Gasteiger partial charge in [-0.3, -0.25) is 0 Å². The number of ether oxygens (including phenoxy) is 4. The number of benzene rings is 1. The lowest BCUT2D eigenvalue weighted by atomic mass is 10.2. The second kappa shape index (κ2) is 14.3. The second-order valence-corrected chi connectivity index (χ2v) is 7.05. The molecule has 1 aliphatic heterocycles. The Hall–Kier alpha value is -2.69. The summed E-state index contributed by atoms with van der Waals surface area (Å²) >= 11 is 0. The summed E-state index contributed by atoms with van der Waals surface area (Å²) in [4.78, 5) is 29.7. The first-order valence-corrected chi connectivity index (χ1v) is 10.0. The molecule has 0 amide bonds. The fourth-order valence-corrected chi connectivity index (χ4v) is 2.54. The van der Waals surface area contributed by atoms with E-state index in [9.17, 15) is 4.79 Å². The Bertz CT molecular complexity index is 673. The predicted molar refractivity (Wildman–Crippen MR) is 110 cm³/mol. The molecule has 10 heteroatoms. The number of carbonyl (C=O) groups is 3. The SMILES string of the molecule is COC(=O)c1ccc(OCC(CNC(C)C)OC2CCCCO2)cc1.O=C(O)C(=O)O. The molecule has 0 aliphatic carbocycles. The van der Waals surface area contributed by atoms with Gasteiger partial charge in [-0.25, -0.2) is 14.4 Å². The maximum atomic E-state index is 11.5. The van der Waals surface area contributed by atoms with Crippen molar-refractivity contribution in [2.75, 3.05) is 26.9 Å². The lowest BCUT2D eigenvalue weighted by Gasteiger charge is -2.28. The fraction of sp³-hybridized carbons (Fsp3) is 0.571. The molecular weight excluding hydrogens is 410 g/mol. The minimum atomic E-state index is -1.82. The van der Waals surface area contributed by atoms with Gasteiger partial charge >= 0.3 is 17.9 Å². The van der Waals surface area contributed by atoms with E-state index in [1.54, 1.807) is 24.3 Å². The molecule has 1 aromatic carbocycles. The van der Waals surface area contributed by atoms with Crippen molar-refractivity contribution >= 4 is 17.9 Å². The van der Waals surface area contributed by atoms with E-state index in [0.717, 1.165) is 25.9 Å². The van der Waals surface area contributed by atoms with Gasteiger partial charge in [0.1, 0.15) is 18.5 Å². The fourth-order valence-electron chi connectivity index (χ4n) is 2.54. The number of hydrogen-bond donors (Lipinski definition) is 3. The highest BCUT2D eigenvalue weighted by molar-refractivity contribution is 6.27. The van der Waals surface area contributed by atoms with E-state index < -0.39 is 11.9 Å². The largest absolute Gasteiger partial charge is 0.491 e. The van der Waals surface area contributed by atoms with E-state index in [-0.39, 0.29) is 18.4 Å². The highest BCUT2D eigenvalue weighted by Crippen LogP contribution is 2.17. The number of carbonyl (C=O) groups excluding carboxylic acids is 1. The zero-order valence-corrected chi connectivity index (χ0v) is 18.0. The Balaban J connectivity index is 0.000000703. The Kier molecular flexibility index (Phi) is 12.2. The van der Waals surface area contributed by atoms with Crippen molar-refractivity contribution in [2.24, 2.45) is 0 Å². The van der Waals surface area contributed by atoms with Gasteiger partial charge in [-0.1, -0.05) is 13.8 Å². The molecule has 0 saturated carbocycles. The zero-order chi connectivity index (χ0) is 23.2. The van der Waals surface area contributed by atoms with Gasteiger partial charge < -0.3 is 34.5 Å². The lowest BCUT2D eigenvalue weighted by Crippen LogP contribution is -2.40. The third-order valence-corrected chi connectivity index (χ3v) is 4.13. The van der Waals surface area contributed by atoms with Gasteiger partial charge in [0.15, 0.2) is 6.29 Å². The molecule has 2 rings (SSSR count). The molecule has 3 N–H and O–H groups in total. The van der Waals surface area contributed by atoms with Crippen LogP contribution in [0.2, 0.25) is 0 Å². The standard InChI is InChI=1S/C19H29NO5.C2H2O4/c1-14(2)20-12-17(25-18-6-4-5-11-23-18)13-24-16-9-7-15(8-10-16)19(21)22-3;3-1(4)2(5)6/h7-10,14,17-18,20H,4-6,11-13H2,1-3H3;(H,3,4)(H,5,6). The average Bonchev–Trinajstić information content (AvgIpc) is 2.76. The highest BCUT2D eigenvalue weighted by Gasteiger charge is 2.20. The minimum Gasteiger partial charge on any atom is -0.491 e. The number of nitrogens with one attached hydrogen (secondary N) is 1. The van der Waals surface area contributed by atoms with Gasteiger partial charge in [0.25, 0.3) is 0 Å². The molecule has 0 aromatic heterocycles. The Morgan fingerprint density at radius 2 is 1.77 bits per heavy atom. The van der Waals surface area contributed by atoms with Gasteiger partial charge in [0.05, 0.1) is 12.7 Å². The molecule has 0 radical (unpaired) electrons. The number of carboxylic acids is 2. The quantitative estimate of drug-likeness (QED) is 0.384. The highest BCUT2D eigenvalue weighted by atomic mass is 16.7. The van der Waals surface area contributed by atoms with Crippen molar-refractivity contribution in [3.05, 3.63) is 29.8 Å². The summed E-state index contributed by atoms with van der Waals surface area (Å²) in [7, 11) is 1.36. The number of carboxylic acid groups (broad SMARTS) is 2. The van der Waals surface area contributed by atoms with E-state index >= 15 is 0 Å². The van der Waals surface area contributed by atoms with Crippen LogP contribution < -0.4 is 10.1 Å². The van der Waals surface area contributed by atoms with E-state index in [4.69, 9.17) is 38.7 Å². The summed E-state index contributed by atoms with van der Waals surface area (Å²) in [5, 5.41) is 18.2. The lowest BCUT2D eigenvalue weighted by molar-refractivity contribution is -0.192. The molecule has 1 saturated heterocycles. The number of hydrogen-bond acceptors (Lipinski definition) is 8. The summed E-state index contributed by atoms with van der Waals surface area (Å²) in [5.74, 6) is -3.32. The molecule has 1 aromatic rings. The van der Waals surface area contributed by atoms with Crippen LogP contribution in [0, 0.1) is 0 Å². The molecule has 1 fully saturated rings. The van der Waals surface area contributed by atoms with Crippen LogP contribution in [0.5, 0.6) is 5.75 Å². The maximum absolute atomic E-state index is 11.5. The van der Waals surface area contributed by atoms with E-state index in [1.807, 2.05) is 0 Å². The van der Waals surface area contributed by atoms with Crippen LogP contribution in [0.15, 0.2) is 24.3 Å². The maximum Gasteiger partial charge on any atom is 0.414 e. The van der Waals surface area contributed by atoms with Crippen LogP contribution in [0.3, 0.4) is 0 Å². The van der Waals surface area contributed by atoms with Gasteiger partial charge in [-0.15, -0.1) is 0 Å². The molecule has 2 atom stereocenters. The third kappa shape index (κ3) is 11.3. The Morgan fingerprint density at radius 1 is 1.13 bits per heavy atom. The first kappa shape index (κ1) is 26.3. The smallest absolute Gasteiger partial charge is 0.414 e. The number of rotatable bonds is 9. The predicted octanol–water partition coefficient (Wildman–Crippen LogP) is 1.92.